The summed E-state index contributed by atoms with van der Waals surface area (Å²) in [7, 11) is 0. The van der Waals surface area contributed by atoms with Gasteiger partial charge in [0.15, 0.2) is 0 Å². The average Bonchev–Trinajstić information content (AvgIpc) is 2.80. The van der Waals surface area contributed by atoms with Crippen molar-refractivity contribution >= 4 is 11.3 Å². The van der Waals surface area contributed by atoms with Crippen LogP contribution in [-0.4, -0.2) is 4.98 Å². The summed E-state index contributed by atoms with van der Waals surface area (Å²) in [4.78, 5) is 4.25. The smallest absolute Gasteiger partial charge is 0.0795 e. The Morgan fingerprint density at radius 2 is 2.06 bits per heavy atom. The Hall–Kier alpha value is -1.19. The van der Waals surface area contributed by atoms with Crippen molar-refractivity contribution in [3.8, 4) is 0 Å². The second-order valence-corrected chi connectivity index (χ2v) is 4.71. The first-order valence-electron chi connectivity index (χ1n) is 5.43. The zero-order valence-corrected chi connectivity index (χ0v) is 10.4. The summed E-state index contributed by atoms with van der Waals surface area (Å²) in [6.45, 7) is 5.12. The lowest BCUT2D eigenvalue weighted by Crippen LogP contribution is -2.18. The van der Waals surface area contributed by atoms with E-state index in [1.165, 1.54) is 11.1 Å². The van der Waals surface area contributed by atoms with Crippen LogP contribution in [0.1, 0.15) is 29.8 Å². The van der Waals surface area contributed by atoms with E-state index in [0.29, 0.717) is 6.04 Å². The van der Waals surface area contributed by atoms with Crippen LogP contribution in [0.2, 0.25) is 0 Å². The van der Waals surface area contributed by atoms with Gasteiger partial charge in [-0.25, -0.2) is 4.98 Å². The van der Waals surface area contributed by atoms with Gasteiger partial charge in [0, 0.05) is 18.0 Å². The van der Waals surface area contributed by atoms with E-state index in [0.717, 1.165) is 12.2 Å². The van der Waals surface area contributed by atoms with Crippen LogP contribution in [-0.2, 0) is 6.54 Å². The number of thiazole rings is 1. The van der Waals surface area contributed by atoms with Crippen molar-refractivity contribution in [1.29, 1.82) is 0 Å². The molecule has 0 radical (unpaired) electrons. The highest BCUT2D eigenvalue weighted by molar-refractivity contribution is 7.07. The first kappa shape index (κ1) is 11.3. The molecule has 0 saturated carbocycles. The molecule has 0 fully saturated rings. The third-order valence-electron chi connectivity index (χ3n) is 2.65. The average molecular weight is 232 g/mol. The standard InChI is InChI=1S/C13H16N2S/c1-10-3-5-12(6-4-10)11(2)14-7-13-8-16-9-15-13/h3-6,8-9,11,14H,7H2,1-2H3. The number of aryl methyl sites for hydroxylation is 1. The van der Waals surface area contributed by atoms with E-state index in [4.69, 9.17) is 0 Å². The lowest BCUT2D eigenvalue weighted by molar-refractivity contribution is 0.569. The van der Waals surface area contributed by atoms with E-state index in [9.17, 15) is 0 Å². The summed E-state index contributed by atoms with van der Waals surface area (Å²) in [6.07, 6.45) is 0. The topological polar surface area (TPSA) is 24.9 Å². The molecule has 0 spiro atoms. The van der Waals surface area contributed by atoms with Crippen LogP contribution in [0.4, 0.5) is 0 Å². The van der Waals surface area contributed by atoms with Gasteiger partial charge in [-0.15, -0.1) is 11.3 Å². The Balaban J connectivity index is 1.93. The normalized spacial score (nSPS) is 12.6. The Bertz CT molecular complexity index is 420. The van der Waals surface area contributed by atoms with Crippen LogP contribution in [0.5, 0.6) is 0 Å². The Morgan fingerprint density at radius 1 is 1.31 bits per heavy atom. The number of aromatic nitrogens is 1. The SMILES string of the molecule is Cc1ccc(C(C)NCc2cscn2)cc1. The van der Waals surface area contributed by atoms with Crippen molar-refractivity contribution in [1.82, 2.24) is 10.3 Å². The van der Waals surface area contributed by atoms with Gasteiger partial charge >= 0.3 is 0 Å². The number of nitrogens with one attached hydrogen (secondary N) is 1. The predicted molar refractivity (Wildman–Crippen MR) is 68.5 cm³/mol. The highest BCUT2D eigenvalue weighted by Crippen LogP contribution is 2.13. The van der Waals surface area contributed by atoms with Crippen LogP contribution in [0, 0.1) is 6.92 Å². The monoisotopic (exact) mass is 232 g/mol. The maximum absolute atomic E-state index is 4.25. The molecular weight excluding hydrogens is 216 g/mol. The molecule has 1 unspecified atom stereocenters. The largest absolute Gasteiger partial charge is 0.305 e. The van der Waals surface area contributed by atoms with Gasteiger partial charge < -0.3 is 5.32 Å². The van der Waals surface area contributed by atoms with Crippen LogP contribution in [0.25, 0.3) is 0 Å². The van der Waals surface area contributed by atoms with Crippen LogP contribution in [0.15, 0.2) is 35.2 Å². The quantitative estimate of drug-likeness (QED) is 0.875. The van der Waals surface area contributed by atoms with E-state index in [1.807, 2.05) is 5.51 Å². The third-order valence-corrected chi connectivity index (χ3v) is 3.29. The molecule has 0 aliphatic heterocycles. The molecule has 0 aliphatic rings. The summed E-state index contributed by atoms with van der Waals surface area (Å²) < 4.78 is 0. The molecule has 1 aromatic heterocycles. The summed E-state index contributed by atoms with van der Waals surface area (Å²) in [5.41, 5.74) is 5.60. The van der Waals surface area contributed by atoms with Crippen molar-refractivity contribution in [2.75, 3.05) is 0 Å². The lowest BCUT2D eigenvalue weighted by Gasteiger charge is -2.13. The van der Waals surface area contributed by atoms with Crippen molar-refractivity contribution < 1.29 is 0 Å². The van der Waals surface area contributed by atoms with Gasteiger partial charge in [0.25, 0.3) is 0 Å². The van der Waals surface area contributed by atoms with Crippen LogP contribution >= 0.6 is 11.3 Å². The summed E-state index contributed by atoms with van der Waals surface area (Å²) in [5, 5.41) is 5.54. The highest BCUT2D eigenvalue weighted by atomic mass is 32.1. The minimum atomic E-state index is 0.363. The molecule has 1 atom stereocenters. The fourth-order valence-electron chi connectivity index (χ4n) is 1.56. The summed E-state index contributed by atoms with van der Waals surface area (Å²) in [5.74, 6) is 0. The molecule has 2 nitrogen and oxygen atoms in total. The second-order valence-electron chi connectivity index (χ2n) is 3.99. The molecule has 0 aliphatic carbocycles. The molecule has 84 valence electrons. The van der Waals surface area contributed by atoms with Gasteiger partial charge in [-0.3, -0.25) is 0 Å². The first-order valence-corrected chi connectivity index (χ1v) is 6.37. The Morgan fingerprint density at radius 3 is 2.69 bits per heavy atom. The van der Waals surface area contributed by atoms with E-state index in [-0.39, 0.29) is 0 Å². The molecule has 16 heavy (non-hydrogen) atoms. The van der Waals surface area contributed by atoms with Crippen molar-refractivity contribution in [2.45, 2.75) is 26.4 Å². The molecular formula is C13H16N2S. The van der Waals surface area contributed by atoms with E-state index < -0.39 is 0 Å². The van der Waals surface area contributed by atoms with E-state index in [2.05, 4.69) is 53.8 Å². The van der Waals surface area contributed by atoms with Gasteiger partial charge in [0.05, 0.1) is 11.2 Å². The van der Waals surface area contributed by atoms with Crippen molar-refractivity contribution in [3.05, 3.63) is 52.0 Å². The van der Waals surface area contributed by atoms with Crippen molar-refractivity contribution in [3.63, 3.8) is 0 Å². The minimum Gasteiger partial charge on any atom is -0.305 e. The number of benzene rings is 1. The zero-order valence-electron chi connectivity index (χ0n) is 9.60. The highest BCUT2D eigenvalue weighted by Gasteiger charge is 2.04. The van der Waals surface area contributed by atoms with Crippen molar-refractivity contribution in [2.24, 2.45) is 0 Å². The van der Waals surface area contributed by atoms with Gasteiger partial charge in [-0.1, -0.05) is 29.8 Å². The molecule has 0 bridgehead atoms. The van der Waals surface area contributed by atoms with Gasteiger partial charge in [0.2, 0.25) is 0 Å². The molecule has 2 rings (SSSR count). The first-order chi connectivity index (χ1) is 7.75. The Kier molecular flexibility index (Phi) is 3.70. The zero-order chi connectivity index (χ0) is 11.4. The second kappa shape index (κ2) is 5.23. The molecule has 0 saturated heterocycles. The van der Waals surface area contributed by atoms with Crippen LogP contribution < -0.4 is 5.32 Å². The number of nitrogens with zero attached hydrogens (tertiary/aromatic N) is 1. The molecule has 1 aromatic carbocycles. The lowest BCUT2D eigenvalue weighted by atomic mass is 10.1. The Labute approximate surface area is 100 Å². The maximum Gasteiger partial charge on any atom is 0.0795 e. The summed E-state index contributed by atoms with van der Waals surface area (Å²) >= 11 is 1.64. The van der Waals surface area contributed by atoms with Crippen LogP contribution in [0.3, 0.4) is 0 Å². The molecule has 2 aromatic rings. The molecule has 1 N–H and O–H groups in total. The molecule has 1 heterocycles. The fourth-order valence-corrected chi connectivity index (χ4v) is 2.11. The number of rotatable bonds is 4. The number of hydrogen-bond donors (Lipinski definition) is 1. The minimum absolute atomic E-state index is 0.363. The summed E-state index contributed by atoms with van der Waals surface area (Å²) in [6, 6.07) is 9.01. The van der Waals surface area contributed by atoms with Gasteiger partial charge in [-0.2, -0.15) is 0 Å². The number of hydrogen-bond acceptors (Lipinski definition) is 3. The third kappa shape index (κ3) is 2.90. The molecule has 3 heteroatoms. The van der Waals surface area contributed by atoms with E-state index in [1.54, 1.807) is 11.3 Å². The maximum atomic E-state index is 4.25. The van der Waals surface area contributed by atoms with Gasteiger partial charge in [-0.05, 0) is 19.4 Å². The predicted octanol–water partition coefficient (Wildman–Crippen LogP) is 3.30. The van der Waals surface area contributed by atoms with E-state index >= 15 is 0 Å². The van der Waals surface area contributed by atoms with Gasteiger partial charge in [0.1, 0.15) is 0 Å². The molecule has 0 amide bonds. The fraction of sp³-hybridized carbons (Fsp3) is 0.308.